The van der Waals surface area contributed by atoms with Crippen molar-refractivity contribution in [2.24, 2.45) is 11.1 Å². The number of carbonyl (C=O) groups excluding carboxylic acids is 3. The molecule has 0 bridgehead atoms. The number of nitrogens with one attached hydrogen (secondary N) is 1. The van der Waals surface area contributed by atoms with Gasteiger partial charge in [0.1, 0.15) is 5.54 Å². The number of nitrogens with zero attached hydrogens (tertiary/aromatic N) is 2. The molecular weight excluding hydrogens is 364 g/mol. The smallest absolute Gasteiger partial charge is 0.248 e. The Hall–Kier alpha value is -2.53. The number of rotatable bonds is 3. The molecule has 1 spiro atoms. The Morgan fingerprint density at radius 1 is 1.41 bits per heavy atom. The average molecular weight is 388 g/mol. The molecular formula is C19H24N4O3S. The summed E-state index contributed by atoms with van der Waals surface area (Å²) in [4.78, 5) is 35.7. The summed E-state index contributed by atoms with van der Waals surface area (Å²) >= 11 is 3.76. The maximum atomic E-state index is 12.2. The zero-order chi connectivity index (χ0) is 20.2. The van der Waals surface area contributed by atoms with Crippen LogP contribution in [0.2, 0.25) is 0 Å². The van der Waals surface area contributed by atoms with Gasteiger partial charge in [0.05, 0.1) is 24.1 Å². The van der Waals surface area contributed by atoms with E-state index in [4.69, 9.17) is 5.73 Å². The van der Waals surface area contributed by atoms with Crippen molar-refractivity contribution in [3.8, 4) is 6.07 Å². The molecule has 2 saturated heterocycles. The fourth-order valence-electron chi connectivity index (χ4n) is 3.87. The van der Waals surface area contributed by atoms with E-state index in [1.807, 2.05) is 37.3 Å². The molecule has 3 atom stereocenters. The van der Waals surface area contributed by atoms with E-state index in [1.54, 1.807) is 4.90 Å². The Kier molecular flexibility index (Phi) is 6.16. The molecule has 2 fully saturated rings. The molecule has 7 nitrogen and oxygen atoms in total. The summed E-state index contributed by atoms with van der Waals surface area (Å²) in [5.74, 6) is -0.0599. The van der Waals surface area contributed by atoms with Crippen LogP contribution in [0.5, 0.6) is 0 Å². The topological polar surface area (TPSA) is 116 Å². The van der Waals surface area contributed by atoms with Gasteiger partial charge < -0.3 is 16.0 Å². The largest absolute Gasteiger partial charge is 0.370 e. The molecule has 3 amide bonds. The number of thiol groups is 1. The van der Waals surface area contributed by atoms with Gasteiger partial charge >= 0.3 is 0 Å². The van der Waals surface area contributed by atoms with Crippen LogP contribution in [0.1, 0.15) is 38.3 Å². The molecule has 0 aliphatic carbocycles. The maximum absolute atomic E-state index is 12.2. The van der Waals surface area contributed by atoms with Gasteiger partial charge in [-0.1, -0.05) is 30.3 Å². The molecule has 3 unspecified atom stereocenters. The van der Waals surface area contributed by atoms with E-state index in [0.717, 1.165) is 5.56 Å². The van der Waals surface area contributed by atoms with Crippen LogP contribution in [-0.2, 0) is 14.4 Å². The fourth-order valence-corrected chi connectivity index (χ4v) is 4.09. The Morgan fingerprint density at radius 3 is 2.37 bits per heavy atom. The van der Waals surface area contributed by atoms with E-state index in [2.05, 4.69) is 24.0 Å². The molecule has 2 heterocycles. The van der Waals surface area contributed by atoms with Crippen LogP contribution in [0, 0.1) is 16.7 Å². The number of primary amides is 1. The van der Waals surface area contributed by atoms with Gasteiger partial charge in [0.15, 0.2) is 0 Å². The lowest BCUT2D eigenvalue weighted by atomic mass is 9.75. The van der Waals surface area contributed by atoms with E-state index in [9.17, 15) is 19.6 Å². The van der Waals surface area contributed by atoms with Crippen LogP contribution < -0.4 is 11.1 Å². The van der Waals surface area contributed by atoms with Crippen molar-refractivity contribution in [3.63, 3.8) is 0 Å². The fraction of sp³-hybridized carbons (Fsp3) is 0.474. The van der Waals surface area contributed by atoms with Crippen molar-refractivity contribution in [2.45, 2.75) is 38.3 Å². The molecule has 8 heteroatoms. The third kappa shape index (κ3) is 3.78. The Morgan fingerprint density at radius 2 is 2.04 bits per heavy atom. The van der Waals surface area contributed by atoms with E-state index >= 15 is 0 Å². The quantitative estimate of drug-likeness (QED) is 0.532. The van der Waals surface area contributed by atoms with Gasteiger partial charge in [-0.25, -0.2) is 0 Å². The summed E-state index contributed by atoms with van der Waals surface area (Å²) in [6.45, 7) is 3.72. The molecule has 1 aromatic rings. The maximum Gasteiger partial charge on any atom is 0.248 e. The third-order valence-corrected chi connectivity index (χ3v) is 5.24. The summed E-state index contributed by atoms with van der Waals surface area (Å²) in [5, 5.41) is 12.4. The van der Waals surface area contributed by atoms with Crippen LogP contribution in [0.3, 0.4) is 0 Å². The van der Waals surface area contributed by atoms with Crippen molar-refractivity contribution in [3.05, 3.63) is 35.9 Å². The molecule has 1 aromatic carbocycles. The molecule has 0 radical (unpaired) electrons. The van der Waals surface area contributed by atoms with Crippen LogP contribution >= 0.6 is 12.6 Å². The molecule has 27 heavy (non-hydrogen) atoms. The first-order valence-electron chi connectivity index (χ1n) is 8.65. The highest BCUT2D eigenvalue weighted by Gasteiger charge is 2.66. The van der Waals surface area contributed by atoms with E-state index in [1.165, 1.54) is 6.92 Å². The minimum Gasteiger partial charge on any atom is -0.370 e. The first kappa shape index (κ1) is 20.8. The first-order chi connectivity index (χ1) is 12.7. The summed E-state index contributed by atoms with van der Waals surface area (Å²) in [6.07, 6.45) is 0.755. The normalized spacial score (nSPS) is 28.4. The van der Waals surface area contributed by atoms with Crippen LogP contribution in [0.15, 0.2) is 30.3 Å². The first-order valence-corrected chi connectivity index (χ1v) is 9.28. The molecule has 144 valence electrons. The van der Waals surface area contributed by atoms with Crippen LogP contribution in [0.25, 0.3) is 0 Å². The van der Waals surface area contributed by atoms with Crippen molar-refractivity contribution < 1.29 is 14.4 Å². The molecule has 2 aliphatic heterocycles. The molecule has 3 rings (SSSR count). The van der Waals surface area contributed by atoms with E-state index < -0.39 is 17.0 Å². The van der Waals surface area contributed by atoms with Gasteiger partial charge in [-0.2, -0.15) is 17.9 Å². The van der Waals surface area contributed by atoms with Crippen molar-refractivity contribution >= 4 is 30.4 Å². The number of hydrogen-bond acceptors (Lipinski definition) is 5. The Bertz CT molecular complexity index is 779. The monoisotopic (exact) mass is 388 g/mol. The summed E-state index contributed by atoms with van der Waals surface area (Å²) in [7, 11) is 0. The second-order valence-corrected chi connectivity index (χ2v) is 7.51. The number of amides is 3. The lowest BCUT2D eigenvalue weighted by molar-refractivity contribution is -0.153. The minimum absolute atomic E-state index is 0.155. The zero-order valence-corrected chi connectivity index (χ0v) is 16.3. The second-order valence-electron chi connectivity index (χ2n) is 7.06. The van der Waals surface area contributed by atoms with Crippen LogP contribution in [0.4, 0.5) is 0 Å². The lowest BCUT2D eigenvalue weighted by Crippen LogP contribution is -2.71. The number of β-lactam (4-membered cyclic amide) rings is 1. The highest BCUT2D eigenvalue weighted by atomic mass is 32.1. The lowest BCUT2D eigenvalue weighted by Gasteiger charge is -2.45. The second kappa shape index (κ2) is 8.01. The van der Waals surface area contributed by atoms with Gasteiger partial charge in [0.2, 0.25) is 17.7 Å². The van der Waals surface area contributed by atoms with Crippen LogP contribution in [-0.4, -0.2) is 40.5 Å². The summed E-state index contributed by atoms with van der Waals surface area (Å²) < 4.78 is 0. The minimum atomic E-state index is -0.864. The third-order valence-electron chi connectivity index (χ3n) is 5.01. The summed E-state index contributed by atoms with van der Waals surface area (Å²) in [5.41, 5.74) is 3.97. The number of carbonyl (C=O) groups is 3. The highest BCUT2D eigenvalue weighted by Crippen LogP contribution is 2.55. The number of hydrogen-bond donors (Lipinski definition) is 3. The average Bonchev–Trinajstić information content (AvgIpc) is 2.94. The number of nitrogens with two attached hydrogens (primary N) is 1. The zero-order valence-electron chi connectivity index (χ0n) is 15.4. The number of likely N-dealkylation sites (tertiary alicyclic amines) is 1. The molecule has 0 aromatic heterocycles. The Labute approximate surface area is 164 Å². The number of benzene rings is 1. The molecule has 2 aliphatic rings. The predicted octanol–water partition coefficient (Wildman–Crippen LogP) is 1.17. The van der Waals surface area contributed by atoms with Crippen molar-refractivity contribution in [2.75, 3.05) is 12.3 Å². The van der Waals surface area contributed by atoms with Crippen molar-refractivity contribution in [1.29, 1.82) is 5.26 Å². The van der Waals surface area contributed by atoms with E-state index in [-0.39, 0.29) is 17.7 Å². The SMILES string of the molecule is CC(=O)N1C(c2ccccc2)C(C)(C#N)CC12CNC2=O.NC(=O)CCS. The van der Waals surface area contributed by atoms with Gasteiger partial charge in [0, 0.05) is 19.8 Å². The van der Waals surface area contributed by atoms with Gasteiger partial charge in [-0.3, -0.25) is 14.4 Å². The summed E-state index contributed by atoms with van der Waals surface area (Å²) in [6, 6.07) is 11.4. The highest BCUT2D eigenvalue weighted by molar-refractivity contribution is 7.80. The Balaban J connectivity index is 0.000000380. The molecule has 3 N–H and O–H groups in total. The van der Waals surface area contributed by atoms with Gasteiger partial charge in [-0.05, 0) is 18.2 Å². The number of nitriles is 1. The van der Waals surface area contributed by atoms with Crippen molar-refractivity contribution in [1.82, 2.24) is 10.2 Å². The van der Waals surface area contributed by atoms with E-state index in [0.29, 0.717) is 25.1 Å². The predicted molar refractivity (Wildman–Crippen MR) is 103 cm³/mol. The van der Waals surface area contributed by atoms with Gasteiger partial charge in [0.25, 0.3) is 0 Å². The molecule has 0 saturated carbocycles. The standard InChI is InChI=1S/C16H17N3O2.C3H7NOS/c1-11(20)19-13(12-6-4-3-5-7-12)15(2,9-17)8-16(19)10-18-14(16)21;4-3(5)1-2-6/h3-7,13H,8,10H2,1-2H3,(H,18,21);6H,1-2H2,(H2,4,5). The van der Waals surface area contributed by atoms with Gasteiger partial charge in [-0.15, -0.1) is 0 Å².